The number of nitrogens with zero attached hydrogens (tertiary/aromatic N) is 10. The maximum Gasteiger partial charge on any atom is 0.237 e. The predicted molar refractivity (Wildman–Crippen MR) is 378 cm³/mol. The molecule has 0 atom stereocenters. The Morgan fingerprint density at radius 1 is 0.239 bits per heavy atom. The van der Waals surface area contributed by atoms with Gasteiger partial charge >= 0.3 is 0 Å². The van der Waals surface area contributed by atoms with Crippen LogP contribution in [-0.2, 0) is 0 Å². The molecule has 0 aliphatic carbocycles. The van der Waals surface area contributed by atoms with E-state index in [9.17, 15) is 0 Å². The van der Waals surface area contributed by atoms with E-state index in [1.165, 1.54) is 70.5 Å². The molecule has 0 amide bonds. The van der Waals surface area contributed by atoms with Crippen molar-refractivity contribution in [1.82, 2.24) is 48.2 Å². The Bertz CT molecular complexity index is 5980. The summed E-state index contributed by atoms with van der Waals surface area (Å²) in [5.41, 5.74) is 16.6. The molecule has 0 saturated carbocycles. The van der Waals surface area contributed by atoms with Gasteiger partial charge in [-0.15, -0.1) is 0 Å². The fourth-order valence-electron chi connectivity index (χ4n) is 14.6. The van der Waals surface area contributed by atoms with Gasteiger partial charge in [0.2, 0.25) is 11.9 Å². The van der Waals surface area contributed by atoms with Crippen molar-refractivity contribution in [2.24, 2.45) is 0 Å². The number of pyridine rings is 2. The maximum atomic E-state index is 5.33. The van der Waals surface area contributed by atoms with Crippen molar-refractivity contribution in [3.05, 3.63) is 304 Å². The molecule has 10 nitrogen and oxygen atoms in total. The van der Waals surface area contributed by atoms with Crippen LogP contribution in [0.2, 0.25) is 0 Å². The van der Waals surface area contributed by atoms with Crippen LogP contribution in [0, 0.1) is 0 Å². The number of benzene rings is 12. The van der Waals surface area contributed by atoms with E-state index in [2.05, 4.69) is 272 Å². The third kappa shape index (κ3) is 7.61. The molecule has 0 fully saturated rings. The highest BCUT2D eigenvalue weighted by Gasteiger charge is 2.28. The molecule has 92 heavy (non-hydrogen) atoms. The van der Waals surface area contributed by atoms with E-state index >= 15 is 0 Å². The Morgan fingerprint density at radius 2 is 0.576 bits per heavy atom. The summed E-state index contributed by atoms with van der Waals surface area (Å²) in [6.45, 7) is 0. The van der Waals surface area contributed by atoms with E-state index in [-0.39, 0.29) is 0 Å². The summed E-state index contributed by atoms with van der Waals surface area (Å²) in [5, 5.41) is 16.2. The smallest absolute Gasteiger partial charge is 0.237 e. The average Bonchev–Trinajstić information content (AvgIpc) is 1.53. The van der Waals surface area contributed by atoms with Gasteiger partial charge in [-0.25, -0.2) is 19.9 Å². The minimum Gasteiger partial charge on any atom is -0.309 e. The average molecular weight is 1180 g/mol. The van der Waals surface area contributed by atoms with Crippen molar-refractivity contribution >= 4 is 131 Å². The molecule has 0 aliphatic rings. The van der Waals surface area contributed by atoms with Crippen LogP contribution in [0.15, 0.2) is 304 Å². The van der Waals surface area contributed by atoms with Crippen LogP contribution in [0.3, 0.4) is 0 Å². The quantitative estimate of drug-likeness (QED) is 0.165. The van der Waals surface area contributed by atoms with Crippen LogP contribution in [0.1, 0.15) is 0 Å². The molecule has 0 bridgehead atoms. The highest BCUT2D eigenvalue weighted by atomic mass is 15.2. The lowest BCUT2D eigenvalue weighted by atomic mass is 9.99. The number of hydrogen-bond acceptors (Lipinski definition) is 6. The lowest BCUT2D eigenvalue weighted by molar-refractivity contribution is 1.01. The number of hydrogen-bond donors (Lipinski definition) is 0. The number of fused-ring (bicyclic) bond motifs is 22. The van der Waals surface area contributed by atoms with Gasteiger partial charge in [0.15, 0.2) is 5.65 Å². The first-order chi connectivity index (χ1) is 45.7. The molecule has 0 radical (unpaired) electrons. The Balaban J connectivity index is 0.000000132. The van der Waals surface area contributed by atoms with Crippen LogP contribution in [-0.4, -0.2) is 48.2 Å². The maximum absolute atomic E-state index is 5.33. The minimum absolute atomic E-state index is 0.604. The molecule has 0 saturated heterocycles. The SMILES string of the molecule is c1ccc(-c2nc(-n3c4ccccc4c4c5c6ccccc6n(-c6ccccc6)c5c5ccccc5c43)nc3cnccc23)cc1.c1ccc(-c2nc(-n3c4ccccc4c4c5c6ccccc6n(-c6ccccc6)c5c5ccccc5c43)nc3ncccc23)cc1. The van der Waals surface area contributed by atoms with E-state index in [4.69, 9.17) is 24.9 Å². The fourth-order valence-corrected chi connectivity index (χ4v) is 14.6. The van der Waals surface area contributed by atoms with Gasteiger partial charge in [0.05, 0.1) is 67.2 Å². The van der Waals surface area contributed by atoms with E-state index in [0.717, 1.165) is 88.4 Å². The van der Waals surface area contributed by atoms with Crippen LogP contribution in [0.25, 0.3) is 176 Å². The van der Waals surface area contributed by atoms with Gasteiger partial charge in [0.25, 0.3) is 0 Å². The van der Waals surface area contributed by atoms with E-state index in [0.29, 0.717) is 17.5 Å². The molecule has 0 N–H and O–H groups in total. The second-order valence-electron chi connectivity index (χ2n) is 23.3. The topological polar surface area (TPSA) is 97.1 Å². The second kappa shape index (κ2) is 20.5. The summed E-state index contributed by atoms with van der Waals surface area (Å²) >= 11 is 0. The Kier molecular flexibility index (Phi) is 11.4. The molecular formula is C82H50N10. The van der Waals surface area contributed by atoms with Gasteiger partial charge in [0.1, 0.15) is 0 Å². The van der Waals surface area contributed by atoms with Gasteiger partial charge in [-0.3, -0.25) is 14.1 Å². The monoisotopic (exact) mass is 1170 g/mol. The second-order valence-corrected chi connectivity index (χ2v) is 23.3. The largest absolute Gasteiger partial charge is 0.309 e. The fraction of sp³-hybridized carbons (Fsp3) is 0. The zero-order valence-electron chi connectivity index (χ0n) is 49.3. The molecule has 428 valence electrons. The molecule has 0 unspecified atom stereocenters. The molecule has 20 rings (SSSR count). The Morgan fingerprint density at radius 3 is 1.01 bits per heavy atom. The molecular weight excluding hydrogens is 1120 g/mol. The van der Waals surface area contributed by atoms with Crippen molar-refractivity contribution in [2.75, 3.05) is 0 Å². The molecule has 10 heteroatoms. The normalized spacial score (nSPS) is 11.9. The first-order valence-electron chi connectivity index (χ1n) is 30.9. The molecule has 0 aliphatic heterocycles. The standard InChI is InChI=1S/2C41H25N5/c1-3-14-26(15-4-1)37-32-22-13-25-42-40(32)44-41(43-37)46-34-24-12-10-21-31(34)36-35-30-20-9-11-23-33(30)45(27-16-5-2-6-17-27)38(35)28-18-7-8-19-29(28)39(36)46;1-3-13-26(14-4-1)38-30-23-24-42-25-33(30)43-41(44-38)46-35-22-12-10-20-32(35)37-36-31-19-9-11-21-34(31)45(27-15-5-2-6-16-27)39(36)28-17-7-8-18-29(28)40(37)46/h2*1-25H. The van der Waals surface area contributed by atoms with Crippen molar-refractivity contribution in [1.29, 1.82) is 0 Å². The van der Waals surface area contributed by atoms with Crippen LogP contribution in [0.5, 0.6) is 0 Å². The zero-order chi connectivity index (χ0) is 60.4. The van der Waals surface area contributed by atoms with Gasteiger partial charge in [-0.05, 0) is 66.7 Å². The van der Waals surface area contributed by atoms with Crippen LogP contribution in [0.4, 0.5) is 0 Å². The third-order valence-corrected chi connectivity index (χ3v) is 18.3. The molecule has 0 spiro atoms. The summed E-state index contributed by atoms with van der Waals surface area (Å²) in [5.74, 6) is 1.23. The number of para-hydroxylation sites is 6. The highest BCUT2D eigenvalue weighted by molar-refractivity contribution is 6.39. The molecule has 20 aromatic rings. The summed E-state index contributed by atoms with van der Waals surface area (Å²) in [7, 11) is 0. The van der Waals surface area contributed by atoms with E-state index in [1.807, 2.05) is 48.8 Å². The third-order valence-electron chi connectivity index (χ3n) is 18.3. The van der Waals surface area contributed by atoms with E-state index < -0.39 is 0 Å². The van der Waals surface area contributed by atoms with Gasteiger partial charge < -0.3 is 9.13 Å². The van der Waals surface area contributed by atoms with Crippen LogP contribution < -0.4 is 0 Å². The summed E-state index contributed by atoms with van der Waals surface area (Å²) < 4.78 is 9.36. The van der Waals surface area contributed by atoms with Crippen LogP contribution >= 0.6 is 0 Å². The van der Waals surface area contributed by atoms with Crippen molar-refractivity contribution in [3.63, 3.8) is 0 Å². The Hall–Kier alpha value is -12.7. The summed E-state index contributed by atoms with van der Waals surface area (Å²) in [4.78, 5) is 30.2. The lowest BCUT2D eigenvalue weighted by Gasteiger charge is -2.14. The van der Waals surface area contributed by atoms with Gasteiger partial charge in [-0.1, -0.05) is 218 Å². The van der Waals surface area contributed by atoms with Crippen molar-refractivity contribution in [3.8, 4) is 45.8 Å². The van der Waals surface area contributed by atoms with E-state index in [1.54, 1.807) is 6.20 Å². The molecule has 8 aromatic heterocycles. The van der Waals surface area contributed by atoms with Gasteiger partial charge in [-0.2, -0.15) is 4.98 Å². The van der Waals surface area contributed by atoms with Crippen molar-refractivity contribution < 1.29 is 0 Å². The summed E-state index contributed by atoms with van der Waals surface area (Å²) in [6.07, 6.45) is 5.45. The molecule has 12 aromatic carbocycles. The number of aromatic nitrogens is 10. The highest BCUT2D eigenvalue weighted by Crippen LogP contribution is 2.49. The first-order valence-corrected chi connectivity index (χ1v) is 30.9. The van der Waals surface area contributed by atoms with Crippen molar-refractivity contribution in [2.45, 2.75) is 0 Å². The minimum atomic E-state index is 0.604. The predicted octanol–water partition coefficient (Wildman–Crippen LogP) is 20.1. The Labute approximate surface area is 525 Å². The first kappa shape index (κ1) is 51.4. The summed E-state index contributed by atoms with van der Waals surface area (Å²) in [6, 6.07) is 100. The van der Waals surface area contributed by atoms with Gasteiger partial charge in [0, 0.05) is 110 Å². The molecule has 8 heterocycles. The lowest BCUT2D eigenvalue weighted by Crippen LogP contribution is -2.04. The number of rotatable bonds is 6. The zero-order valence-corrected chi connectivity index (χ0v) is 49.3.